The average molecular weight is 435 g/mol. The minimum Gasteiger partial charge on any atom is -0.471 e. The van der Waals surface area contributed by atoms with Crippen LogP contribution >= 0.6 is 23.2 Å². The van der Waals surface area contributed by atoms with Gasteiger partial charge in [0.15, 0.2) is 12.4 Å². The molecule has 0 unspecified atom stereocenters. The van der Waals surface area contributed by atoms with E-state index in [1.165, 1.54) is 28.9 Å². The van der Waals surface area contributed by atoms with Crippen LogP contribution in [0.15, 0.2) is 42.6 Å². The van der Waals surface area contributed by atoms with Gasteiger partial charge in [0, 0.05) is 23.4 Å². The molecule has 0 atom stereocenters. The van der Waals surface area contributed by atoms with E-state index in [-0.39, 0.29) is 28.8 Å². The molecule has 3 rings (SSSR count). The van der Waals surface area contributed by atoms with E-state index >= 15 is 0 Å². The molecule has 1 amide bonds. The highest BCUT2D eigenvalue weighted by molar-refractivity contribution is 6.34. The van der Waals surface area contributed by atoms with Crippen molar-refractivity contribution >= 4 is 40.5 Å². The van der Waals surface area contributed by atoms with Crippen molar-refractivity contribution < 1.29 is 14.5 Å². The summed E-state index contributed by atoms with van der Waals surface area (Å²) in [6.45, 7) is 3.86. The lowest BCUT2D eigenvalue weighted by Gasteiger charge is -2.10. The molecule has 1 aromatic heterocycles. The topological polar surface area (TPSA) is 99.3 Å². The lowest BCUT2D eigenvalue weighted by molar-refractivity contribution is -0.384. The fourth-order valence-electron chi connectivity index (χ4n) is 2.59. The average Bonchev–Trinajstić information content (AvgIpc) is 3.15. The molecule has 8 nitrogen and oxygen atoms in total. The molecular formula is C19H16Cl2N4O4. The molecule has 0 radical (unpaired) electrons. The highest BCUT2D eigenvalue weighted by Crippen LogP contribution is 2.27. The second-order valence-corrected chi connectivity index (χ2v) is 7.05. The van der Waals surface area contributed by atoms with E-state index in [1.807, 2.05) is 26.0 Å². The Morgan fingerprint density at radius 3 is 2.55 bits per heavy atom. The van der Waals surface area contributed by atoms with E-state index < -0.39 is 10.8 Å². The summed E-state index contributed by atoms with van der Waals surface area (Å²) in [7, 11) is 0. The van der Waals surface area contributed by atoms with E-state index in [9.17, 15) is 14.9 Å². The number of carbonyl (C=O) groups is 1. The van der Waals surface area contributed by atoms with Gasteiger partial charge in [-0.15, -0.1) is 0 Å². The number of nitro benzene ring substituents is 1. The third kappa shape index (κ3) is 4.85. The van der Waals surface area contributed by atoms with Crippen molar-refractivity contribution in [3.8, 4) is 5.75 Å². The standard InChI is InChI=1S/C19H16Cl2N4O4/c1-11-7-14(8-12(2)18(11)21)29-10-24-6-5-16(23-24)19(26)22-17-9-13(25(27)28)3-4-15(17)20/h3-9H,10H2,1-2H3,(H,22,26). The molecule has 3 aromatic rings. The van der Waals surface area contributed by atoms with Crippen LogP contribution in [-0.4, -0.2) is 20.6 Å². The summed E-state index contributed by atoms with van der Waals surface area (Å²) in [6.07, 6.45) is 1.58. The Hall–Kier alpha value is -3.10. The van der Waals surface area contributed by atoms with Crippen LogP contribution in [0.4, 0.5) is 11.4 Å². The summed E-state index contributed by atoms with van der Waals surface area (Å²) in [6, 6.07) is 8.92. The number of anilines is 1. The highest BCUT2D eigenvalue weighted by atomic mass is 35.5. The number of aryl methyl sites for hydroxylation is 2. The summed E-state index contributed by atoms with van der Waals surface area (Å²) in [5.74, 6) is 0.0820. The van der Waals surface area contributed by atoms with Crippen LogP contribution in [0.1, 0.15) is 21.6 Å². The molecule has 1 N–H and O–H groups in total. The van der Waals surface area contributed by atoms with Crippen LogP contribution in [-0.2, 0) is 6.73 Å². The molecule has 0 bridgehead atoms. The zero-order valence-corrected chi connectivity index (χ0v) is 17.0. The smallest absolute Gasteiger partial charge is 0.276 e. The maximum atomic E-state index is 12.4. The number of benzene rings is 2. The number of nitro groups is 1. The Bertz CT molecular complexity index is 1070. The number of nitrogens with zero attached hydrogens (tertiary/aromatic N) is 3. The number of halogens is 2. The number of carbonyl (C=O) groups excluding carboxylic acids is 1. The van der Waals surface area contributed by atoms with Gasteiger partial charge in [-0.25, -0.2) is 4.68 Å². The quantitative estimate of drug-likeness (QED) is 0.434. The number of ether oxygens (including phenoxy) is 1. The first-order chi connectivity index (χ1) is 13.7. The summed E-state index contributed by atoms with van der Waals surface area (Å²) in [5.41, 5.74) is 1.85. The van der Waals surface area contributed by atoms with Gasteiger partial charge in [-0.1, -0.05) is 23.2 Å². The van der Waals surface area contributed by atoms with E-state index in [0.29, 0.717) is 10.8 Å². The molecule has 150 valence electrons. The van der Waals surface area contributed by atoms with Gasteiger partial charge in [0.2, 0.25) is 0 Å². The van der Waals surface area contributed by atoms with Gasteiger partial charge in [0.1, 0.15) is 5.75 Å². The van der Waals surface area contributed by atoms with Crippen molar-refractivity contribution in [2.24, 2.45) is 0 Å². The second kappa shape index (κ2) is 8.50. The van der Waals surface area contributed by atoms with Gasteiger partial charge in [-0.2, -0.15) is 5.10 Å². The zero-order valence-electron chi connectivity index (χ0n) is 15.5. The minimum absolute atomic E-state index is 0.0886. The number of hydrogen-bond donors (Lipinski definition) is 1. The molecule has 0 saturated carbocycles. The van der Waals surface area contributed by atoms with Crippen molar-refractivity contribution in [3.63, 3.8) is 0 Å². The molecular weight excluding hydrogens is 419 g/mol. The van der Waals surface area contributed by atoms with E-state index in [2.05, 4.69) is 10.4 Å². The molecule has 0 aliphatic heterocycles. The molecule has 0 fully saturated rings. The number of amides is 1. The van der Waals surface area contributed by atoms with Gasteiger partial charge in [-0.05, 0) is 49.2 Å². The first-order valence-electron chi connectivity index (χ1n) is 8.43. The Morgan fingerprint density at radius 2 is 1.90 bits per heavy atom. The molecule has 2 aromatic carbocycles. The maximum Gasteiger partial charge on any atom is 0.276 e. The predicted molar refractivity (Wildman–Crippen MR) is 110 cm³/mol. The maximum absolute atomic E-state index is 12.4. The first kappa shape index (κ1) is 20.6. The van der Waals surface area contributed by atoms with E-state index in [1.54, 1.807) is 6.20 Å². The van der Waals surface area contributed by atoms with Crippen LogP contribution in [0.5, 0.6) is 5.75 Å². The largest absolute Gasteiger partial charge is 0.471 e. The number of rotatable bonds is 6. The van der Waals surface area contributed by atoms with Crippen LogP contribution in [0.2, 0.25) is 10.0 Å². The van der Waals surface area contributed by atoms with Crippen molar-refractivity contribution in [2.75, 3.05) is 5.32 Å². The van der Waals surface area contributed by atoms with Gasteiger partial charge in [-0.3, -0.25) is 14.9 Å². The summed E-state index contributed by atoms with van der Waals surface area (Å²) >= 11 is 12.1. The molecule has 10 heteroatoms. The molecule has 1 heterocycles. The molecule has 0 saturated heterocycles. The first-order valence-corrected chi connectivity index (χ1v) is 9.18. The Morgan fingerprint density at radius 1 is 1.21 bits per heavy atom. The van der Waals surface area contributed by atoms with E-state index in [4.69, 9.17) is 27.9 Å². The number of hydrogen-bond acceptors (Lipinski definition) is 5. The van der Waals surface area contributed by atoms with Gasteiger partial charge in [0.25, 0.3) is 11.6 Å². The lowest BCUT2D eigenvalue weighted by Crippen LogP contribution is -2.14. The lowest BCUT2D eigenvalue weighted by atomic mass is 10.1. The van der Waals surface area contributed by atoms with Gasteiger partial charge < -0.3 is 10.1 Å². The minimum atomic E-state index is -0.571. The third-order valence-corrected chi connectivity index (χ3v) is 4.98. The van der Waals surface area contributed by atoms with Crippen molar-refractivity contribution in [3.05, 3.63) is 79.6 Å². The molecule has 0 aliphatic rings. The van der Waals surface area contributed by atoms with E-state index in [0.717, 1.165) is 11.1 Å². The summed E-state index contributed by atoms with van der Waals surface area (Å²) in [5, 5.41) is 18.4. The molecule has 0 spiro atoms. The third-order valence-electron chi connectivity index (χ3n) is 4.06. The van der Waals surface area contributed by atoms with Gasteiger partial charge in [0.05, 0.1) is 15.6 Å². The monoisotopic (exact) mass is 434 g/mol. The predicted octanol–water partition coefficient (Wildman–Crippen LogP) is 5.00. The van der Waals surface area contributed by atoms with Crippen LogP contribution in [0.3, 0.4) is 0 Å². The number of aromatic nitrogens is 2. The Balaban J connectivity index is 1.68. The Kier molecular flexibility index (Phi) is 6.05. The second-order valence-electron chi connectivity index (χ2n) is 6.26. The Labute approximate surface area is 176 Å². The van der Waals surface area contributed by atoms with Crippen molar-refractivity contribution in [1.82, 2.24) is 9.78 Å². The molecule has 29 heavy (non-hydrogen) atoms. The van der Waals surface area contributed by atoms with Crippen LogP contribution < -0.4 is 10.1 Å². The SMILES string of the molecule is Cc1cc(OCn2ccc(C(=O)Nc3cc([N+](=O)[O-])ccc3Cl)n2)cc(C)c1Cl. The summed E-state index contributed by atoms with van der Waals surface area (Å²) in [4.78, 5) is 22.7. The fraction of sp³-hybridized carbons (Fsp3) is 0.158. The normalized spacial score (nSPS) is 10.6. The van der Waals surface area contributed by atoms with Crippen LogP contribution in [0, 0.1) is 24.0 Å². The fourth-order valence-corrected chi connectivity index (χ4v) is 2.87. The number of non-ortho nitro benzene ring substituents is 1. The van der Waals surface area contributed by atoms with Gasteiger partial charge >= 0.3 is 0 Å². The molecule has 0 aliphatic carbocycles. The number of nitrogens with one attached hydrogen (secondary N) is 1. The zero-order chi connectivity index (χ0) is 21.1. The van der Waals surface area contributed by atoms with Crippen LogP contribution in [0.25, 0.3) is 0 Å². The van der Waals surface area contributed by atoms with Crippen molar-refractivity contribution in [1.29, 1.82) is 0 Å². The highest BCUT2D eigenvalue weighted by Gasteiger charge is 2.15. The summed E-state index contributed by atoms with van der Waals surface area (Å²) < 4.78 is 7.14. The van der Waals surface area contributed by atoms with Crippen molar-refractivity contribution in [2.45, 2.75) is 20.6 Å².